The van der Waals surface area contributed by atoms with Crippen molar-refractivity contribution in [2.45, 2.75) is 12.8 Å². The molecule has 0 heterocycles. The Labute approximate surface area is 109 Å². The van der Waals surface area contributed by atoms with Gasteiger partial charge in [-0.15, -0.1) is 0 Å². The lowest BCUT2D eigenvalue weighted by Crippen LogP contribution is -2.19. The molecule has 1 amide bonds. The van der Waals surface area contributed by atoms with Gasteiger partial charge >= 0.3 is 0 Å². The van der Waals surface area contributed by atoms with Crippen molar-refractivity contribution in [3.63, 3.8) is 0 Å². The van der Waals surface area contributed by atoms with E-state index in [1.54, 1.807) is 25.1 Å². The van der Waals surface area contributed by atoms with E-state index in [1.807, 2.05) is 0 Å². The van der Waals surface area contributed by atoms with E-state index >= 15 is 0 Å². The van der Waals surface area contributed by atoms with Crippen LogP contribution in [0.2, 0.25) is 0 Å². The van der Waals surface area contributed by atoms with Gasteiger partial charge in [-0.25, -0.2) is 8.78 Å². The monoisotopic (exact) mass is 261 g/mol. The third-order valence-corrected chi connectivity index (χ3v) is 3.07. The number of primary amides is 1. The molecule has 2 aromatic rings. The van der Waals surface area contributed by atoms with Crippen LogP contribution in [0.15, 0.2) is 42.5 Å². The number of rotatable bonds is 3. The van der Waals surface area contributed by atoms with E-state index in [2.05, 4.69) is 0 Å². The summed E-state index contributed by atoms with van der Waals surface area (Å²) < 4.78 is 27.2. The molecule has 4 heteroatoms. The molecule has 0 spiro atoms. The Hall–Kier alpha value is -2.23. The maximum atomic E-state index is 13.8. The maximum absolute atomic E-state index is 13.8. The highest BCUT2D eigenvalue weighted by Crippen LogP contribution is 2.31. The van der Waals surface area contributed by atoms with Crippen LogP contribution in [-0.4, -0.2) is 5.91 Å². The minimum absolute atomic E-state index is 0.325. The van der Waals surface area contributed by atoms with Crippen LogP contribution in [0.4, 0.5) is 8.78 Å². The van der Waals surface area contributed by atoms with Gasteiger partial charge < -0.3 is 5.73 Å². The predicted octanol–water partition coefficient (Wildman–Crippen LogP) is 3.22. The average molecular weight is 261 g/mol. The van der Waals surface area contributed by atoms with Crippen molar-refractivity contribution in [1.82, 2.24) is 0 Å². The zero-order valence-corrected chi connectivity index (χ0v) is 10.4. The molecular formula is C15H13F2NO. The van der Waals surface area contributed by atoms with Crippen LogP contribution in [0, 0.1) is 11.6 Å². The minimum atomic E-state index is -0.690. The standard InChI is InChI=1S/C15H13F2NO/c1-9(15(18)19)13-8-10(16)6-7-11(13)12-4-2-3-5-14(12)17/h2-9H,1H3,(H2,18,19). The number of hydrogen-bond donors (Lipinski definition) is 1. The van der Waals surface area contributed by atoms with Crippen LogP contribution in [0.1, 0.15) is 18.4 Å². The number of halogens is 2. The van der Waals surface area contributed by atoms with Gasteiger partial charge in [0.05, 0.1) is 5.92 Å². The average Bonchev–Trinajstić information content (AvgIpc) is 2.38. The number of benzene rings is 2. The smallest absolute Gasteiger partial charge is 0.224 e. The van der Waals surface area contributed by atoms with Crippen molar-refractivity contribution in [2.24, 2.45) is 5.73 Å². The summed E-state index contributed by atoms with van der Waals surface area (Å²) in [6.07, 6.45) is 0. The van der Waals surface area contributed by atoms with E-state index in [0.717, 1.165) is 0 Å². The second-order valence-electron chi connectivity index (χ2n) is 4.34. The summed E-state index contributed by atoms with van der Waals surface area (Å²) in [5.74, 6) is -2.18. The fraction of sp³-hybridized carbons (Fsp3) is 0.133. The van der Waals surface area contributed by atoms with Crippen molar-refractivity contribution >= 4 is 5.91 Å². The molecule has 1 unspecified atom stereocenters. The maximum Gasteiger partial charge on any atom is 0.224 e. The number of nitrogens with two attached hydrogens (primary N) is 1. The zero-order chi connectivity index (χ0) is 14.0. The zero-order valence-electron chi connectivity index (χ0n) is 10.4. The van der Waals surface area contributed by atoms with Crippen LogP contribution in [-0.2, 0) is 4.79 Å². The summed E-state index contributed by atoms with van der Waals surface area (Å²) in [5.41, 5.74) is 6.44. The normalized spacial score (nSPS) is 12.2. The lowest BCUT2D eigenvalue weighted by atomic mass is 9.91. The summed E-state index contributed by atoms with van der Waals surface area (Å²) in [7, 11) is 0. The first-order chi connectivity index (χ1) is 9.00. The van der Waals surface area contributed by atoms with Crippen LogP contribution < -0.4 is 5.73 Å². The van der Waals surface area contributed by atoms with Gasteiger partial charge in [0.1, 0.15) is 11.6 Å². The molecule has 2 aromatic carbocycles. The Kier molecular flexibility index (Phi) is 3.60. The molecule has 0 aliphatic heterocycles. The fourth-order valence-corrected chi connectivity index (χ4v) is 1.97. The second kappa shape index (κ2) is 5.18. The molecule has 0 saturated carbocycles. The summed E-state index contributed by atoms with van der Waals surface area (Å²) in [6.45, 7) is 1.57. The number of carbonyl (C=O) groups excluding carboxylic acids is 1. The molecule has 2 nitrogen and oxygen atoms in total. The molecule has 2 N–H and O–H groups in total. The van der Waals surface area contributed by atoms with Gasteiger partial charge in [0.15, 0.2) is 0 Å². The van der Waals surface area contributed by atoms with E-state index in [0.29, 0.717) is 16.7 Å². The summed E-state index contributed by atoms with van der Waals surface area (Å²) in [5, 5.41) is 0. The first-order valence-electron chi connectivity index (χ1n) is 5.84. The highest BCUT2D eigenvalue weighted by atomic mass is 19.1. The molecule has 0 fully saturated rings. The number of carbonyl (C=O) groups is 1. The lowest BCUT2D eigenvalue weighted by molar-refractivity contribution is -0.119. The third-order valence-electron chi connectivity index (χ3n) is 3.07. The topological polar surface area (TPSA) is 43.1 Å². The highest BCUT2D eigenvalue weighted by Gasteiger charge is 2.19. The van der Waals surface area contributed by atoms with Gasteiger partial charge in [0, 0.05) is 5.56 Å². The number of amides is 1. The molecule has 0 bridgehead atoms. The first kappa shape index (κ1) is 13.2. The van der Waals surface area contributed by atoms with Gasteiger partial charge in [0.2, 0.25) is 5.91 Å². The molecule has 98 valence electrons. The first-order valence-corrected chi connectivity index (χ1v) is 5.84. The fourth-order valence-electron chi connectivity index (χ4n) is 1.97. The highest BCUT2D eigenvalue weighted by molar-refractivity contribution is 5.85. The van der Waals surface area contributed by atoms with Crippen LogP contribution in [0.25, 0.3) is 11.1 Å². The van der Waals surface area contributed by atoms with Crippen molar-refractivity contribution in [3.8, 4) is 11.1 Å². The molecule has 0 saturated heterocycles. The molecule has 0 aliphatic carbocycles. The largest absolute Gasteiger partial charge is 0.369 e. The van der Waals surface area contributed by atoms with Gasteiger partial charge in [-0.1, -0.05) is 24.3 Å². The molecular weight excluding hydrogens is 248 g/mol. The Bertz CT molecular complexity index is 625. The molecule has 1 atom stereocenters. The van der Waals surface area contributed by atoms with Gasteiger partial charge in [0.25, 0.3) is 0 Å². The predicted molar refractivity (Wildman–Crippen MR) is 69.4 cm³/mol. The summed E-state index contributed by atoms with van der Waals surface area (Å²) in [6, 6.07) is 10.1. The Morgan fingerprint density at radius 2 is 1.79 bits per heavy atom. The van der Waals surface area contributed by atoms with E-state index in [4.69, 9.17) is 5.73 Å². The molecule has 0 aromatic heterocycles. The minimum Gasteiger partial charge on any atom is -0.369 e. The molecule has 0 aliphatic rings. The van der Waals surface area contributed by atoms with E-state index in [1.165, 1.54) is 24.3 Å². The number of hydrogen-bond acceptors (Lipinski definition) is 1. The summed E-state index contributed by atoms with van der Waals surface area (Å²) >= 11 is 0. The Balaban J connectivity index is 2.64. The molecule has 2 rings (SSSR count). The van der Waals surface area contributed by atoms with Gasteiger partial charge in [-0.2, -0.15) is 0 Å². The van der Waals surface area contributed by atoms with Crippen molar-refractivity contribution < 1.29 is 13.6 Å². The van der Waals surface area contributed by atoms with E-state index in [-0.39, 0.29) is 0 Å². The molecule has 19 heavy (non-hydrogen) atoms. The van der Waals surface area contributed by atoms with Crippen LogP contribution in [0.5, 0.6) is 0 Å². The molecule has 0 radical (unpaired) electrons. The van der Waals surface area contributed by atoms with Crippen molar-refractivity contribution in [1.29, 1.82) is 0 Å². The van der Waals surface area contributed by atoms with E-state index in [9.17, 15) is 13.6 Å². The van der Waals surface area contributed by atoms with E-state index < -0.39 is 23.5 Å². The second-order valence-corrected chi connectivity index (χ2v) is 4.34. The van der Waals surface area contributed by atoms with Crippen molar-refractivity contribution in [3.05, 3.63) is 59.7 Å². The summed E-state index contributed by atoms with van der Waals surface area (Å²) in [4.78, 5) is 11.3. The van der Waals surface area contributed by atoms with Crippen LogP contribution >= 0.6 is 0 Å². The lowest BCUT2D eigenvalue weighted by Gasteiger charge is -2.14. The van der Waals surface area contributed by atoms with Gasteiger partial charge in [-0.3, -0.25) is 4.79 Å². The van der Waals surface area contributed by atoms with Crippen LogP contribution in [0.3, 0.4) is 0 Å². The third kappa shape index (κ3) is 2.62. The van der Waals surface area contributed by atoms with Gasteiger partial charge in [-0.05, 0) is 36.2 Å². The Morgan fingerprint density at radius 1 is 1.11 bits per heavy atom. The Morgan fingerprint density at radius 3 is 2.42 bits per heavy atom. The quantitative estimate of drug-likeness (QED) is 0.905. The SMILES string of the molecule is CC(C(N)=O)c1cc(F)ccc1-c1ccccc1F. The van der Waals surface area contributed by atoms with Crippen molar-refractivity contribution in [2.75, 3.05) is 0 Å².